The first kappa shape index (κ1) is 23.0. The fraction of sp³-hybridized carbons (Fsp3) is 0.333. The number of carbonyl (C=O) groups is 2. The number of hydrogen-bond acceptors (Lipinski definition) is 4. The largest absolute Gasteiger partial charge is 0.479 e. The number of hydrogen-bond donors (Lipinski definition) is 2. The molecular weight excluding hydrogens is 417 g/mol. The highest BCUT2D eigenvalue weighted by Gasteiger charge is 2.20. The molecule has 29 heavy (non-hydrogen) atoms. The normalized spacial score (nSPS) is 11.9. The molecule has 0 saturated carbocycles. The van der Waals surface area contributed by atoms with E-state index in [1.54, 1.807) is 38.1 Å². The SMILES string of the molecule is CC(C)O[C@@H](Cc1cccc(CNC(=O)OCc2cc(Cl)ccc2Cl)c1)C(=O)O. The van der Waals surface area contributed by atoms with Crippen LogP contribution in [0.1, 0.15) is 30.5 Å². The zero-order chi connectivity index (χ0) is 21.4. The van der Waals surface area contributed by atoms with Crippen molar-refractivity contribution in [3.8, 4) is 0 Å². The molecular formula is C21H23Cl2NO5. The molecule has 6 nitrogen and oxygen atoms in total. The first-order valence-corrected chi connectivity index (χ1v) is 9.81. The summed E-state index contributed by atoms with van der Waals surface area (Å²) in [5.41, 5.74) is 2.23. The van der Waals surface area contributed by atoms with Crippen LogP contribution in [-0.4, -0.2) is 29.4 Å². The molecule has 0 aliphatic rings. The maximum absolute atomic E-state index is 12.0. The van der Waals surface area contributed by atoms with Crippen molar-refractivity contribution >= 4 is 35.3 Å². The second-order valence-corrected chi connectivity index (χ2v) is 7.54. The molecule has 0 spiro atoms. The van der Waals surface area contributed by atoms with E-state index in [4.69, 9.17) is 32.7 Å². The lowest BCUT2D eigenvalue weighted by atomic mass is 10.0. The smallest absolute Gasteiger partial charge is 0.407 e. The summed E-state index contributed by atoms with van der Waals surface area (Å²) >= 11 is 12.0. The average Bonchev–Trinajstić information content (AvgIpc) is 2.66. The van der Waals surface area contributed by atoms with Gasteiger partial charge in [-0.05, 0) is 43.2 Å². The minimum Gasteiger partial charge on any atom is -0.479 e. The summed E-state index contributed by atoms with van der Waals surface area (Å²) in [5, 5.41) is 12.9. The molecule has 0 heterocycles. The topological polar surface area (TPSA) is 84.9 Å². The highest BCUT2D eigenvalue weighted by Crippen LogP contribution is 2.21. The van der Waals surface area contributed by atoms with E-state index >= 15 is 0 Å². The molecule has 0 bridgehead atoms. The monoisotopic (exact) mass is 439 g/mol. The average molecular weight is 440 g/mol. The lowest BCUT2D eigenvalue weighted by Gasteiger charge is -2.17. The van der Waals surface area contributed by atoms with E-state index < -0.39 is 18.2 Å². The van der Waals surface area contributed by atoms with Gasteiger partial charge in [0.15, 0.2) is 6.10 Å². The molecule has 0 unspecified atom stereocenters. The summed E-state index contributed by atoms with van der Waals surface area (Å²) in [4.78, 5) is 23.3. The third kappa shape index (κ3) is 7.93. The van der Waals surface area contributed by atoms with Crippen molar-refractivity contribution in [1.29, 1.82) is 0 Å². The molecule has 8 heteroatoms. The predicted octanol–water partition coefficient (Wildman–Crippen LogP) is 4.84. The van der Waals surface area contributed by atoms with Crippen molar-refractivity contribution in [2.75, 3.05) is 0 Å². The number of aliphatic carboxylic acids is 1. The molecule has 0 aliphatic heterocycles. The van der Waals surface area contributed by atoms with Gasteiger partial charge in [0.2, 0.25) is 0 Å². The minimum absolute atomic E-state index is 0.00189. The summed E-state index contributed by atoms with van der Waals surface area (Å²) in [6, 6.07) is 12.2. The van der Waals surface area contributed by atoms with E-state index in [2.05, 4.69) is 5.32 Å². The van der Waals surface area contributed by atoms with Crippen LogP contribution in [-0.2, 0) is 33.8 Å². The summed E-state index contributed by atoms with van der Waals surface area (Å²) in [6.07, 6.45) is -1.48. The Hall–Kier alpha value is -2.28. The van der Waals surface area contributed by atoms with E-state index in [0.717, 1.165) is 11.1 Å². The van der Waals surface area contributed by atoms with Crippen molar-refractivity contribution in [2.45, 2.75) is 45.6 Å². The Kier molecular flexibility index (Phi) is 8.76. The number of alkyl carbamates (subject to hydrolysis) is 1. The van der Waals surface area contributed by atoms with Crippen LogP contribution in [0.2, 0.25) is 10.0 Å². The molecule has 2 aromatic carbocycles. The fourth-order valence-corrected chi connectivity index (χ4v) is 2.99. The van der Waals surface area contributed by atoms with Crippen LogP contribution in [0.25, 0.3) is 0 Å². The quantitative estimate of drug-likeness (QED) is 0.583. The van der Waals surface area contributed by atoms with Crippen molar-refractivity contribution < 1.29 is 24.2 Å². The number of nitrogens with one attached hydrogen (secondary N) is 1. The van der Waals surface area contributed by atoms with E-state index in [1.807, 2.05) is 18.2 Å². The van der Waals surface area contributed by atoms with Crippen LogP contribution in [0.5, 0.6) is 0 Å². The molecule has 0 saturated heterocycles. The number of carboxylic acids is 1. The van der Waals surface area contributed by atoms with Crippen LogP contribution >= 0.6 is 23.2 Å². The van der Waals surface area contributed by atoms with E-state index in [1.165, 1.54) is 0 Å². The highest BCUT2D eigenvalue weighted by atomic mass is 35.5. The van der Waals surface area contributed by atoms with Gasteiger partial charge < -0.3 is 19.9 Å². The van der Waals surface area contributed by atoms with Gasteiger partial charge in [-0.25, -0.2) is 9.59 Å². The van der Waals surface area contributed by atoms with E-state index in [0.29, 0.717) is 15.6 Å². The number of halogens is 2. The molecule has 2 rings (SSSR count). The second kappa shape index (κ2) is 11.0. The number of ether oxygens (including phenoxy) is 2. The molecule has 0 aliphatic carbocycles. The van der Waals surface area contributed by atoms with Crippen LogP contribution in [0, 0.1) is 0 Å². The summed E-state index contributed by atoms with van der Waals surface area (Å²) < 4.78 is 10.6. The molecule has 156 valence electrons. The maximum atomic E-state index is 12.0. The van der Waals surface area contributed by atoms with Crippen molar-refractivity contribution in [2.24, 2.45) is 0 Å². The Morgan fingerprint density at radius 2 is 1.83 bits per heavy atom. The van der Waals surface area contributed by atoms with Gasteiger partial charge in [0.25, 0.3) is 0 Å². The zero-order valence-corrected chi connectivity index (χ0v) is 17.7. The fourth-order valence-electron chi connectivity index (χ4n) is 2.63. The molecule has 2 N–H and O–H groups in total. The third-order valence-electron chi connectivity index (χ3n) is 3.93. The Morgan fingerprint density at radius 1 is 1.10 bits per heavy atom. The summed E-state index contributed by atoms with van der Waals surface area (Å²) in [5.74, 6) is -1.01. The Labute approximate surface area is 179 Å². The first-order valence-electron chi connectivity index (χ1n) is 9.05. The van der Waals surface area contributed by atoms with E-state index in [-0.39, 0.29) is 25.7 Å². The van der Waals surface area contributed by atoms with Crippen LogP contribution in [0.3, 0.4) is 0 Å². The van der Waals surface area contributed by atoms with Crippen LogP contribution in [0.15, 0.2) is 42.5 Å². The standard InChI is InChI=1S/C21H23Cl2NO5/c1-13(2)29-19(20(25)26)9-14-4-3-5-15(8-14)11-24-21(27)28-12-16-10-17(22)6-7-18(16)23/h3-8,10,13,19H,9,11-12H2,1-2H3,(H,24,27)(H,25,26)/t19-/m0/s1. The Balaban J connectivity index is 1.88. The van der Waals surface area contributed by atoms with Crippen molar-refractivity contribution in [1.82, 2.24) is 5.32 Å². The van der Waals surface area contributed by atoms with Crippen molar-refractivity contribution in [3.63, 3.8) is 0 Å². The van der Waals surface area contributed by atoms with Gasteiger partial charge in [0, 0.05) is 28.6 Å². The molecule has 2 aromatic rings. The predicted molar refractivity (Wildman–Crippen MR) is 111 cm³/mol. The molecule has 0 fully saturated rings. The number of rotatable bonds is 9. The number of benzene rings is 2. The third-order valence-corrected chi connectivity index (χ3v) is 4.53. The van der Waals surface area contributed by atoms with Crippen molar-refractivity contribution in [3.05, 3.63) is 69.2 Å². The van der Waals surface area contributed by atoms with Crippen LogP contribution < -0.4 is 5.32 Å². The maximum Gasteiger partial charge on any atom is 0.407 e. The molecule has 1 atom stereocenters. The number of amides is 1. The Morgan fingerprint density at radius 3 is 2.52 bits per heavy atom. The van der Waals surface area contributed by atoms with Gasteiger partial charge in [-0.1, -0.05) is 47.5 Å². The van der Waals surface area contributed by atoms with Gasteiger partial charge in [0.05, 0.1) is 6.10 Å². The van der Waals surface area contributed by atoms with Gasteiger partial charge in [-0.3, -0.25) is 0 Å². The molecule has 1 amide bonds. The molecule has 0 radical (unpaired) electrons. The molecule has 0 aromatic heterocycles. The minimum atomic E-state index is -1.01. The van der Waals surface area contributed by atoms with Gasteiger partial charge in [0.1, 0.15) is 6.61 Å². The lowest BCUT2D eigenvalue weighted by molar-refractivity contribution is -0.153. The zero-order valence-electron chi connectivity index (χ0n) is 16.2. The Bertz CT molecular complexity index is 857. The number of carboxylic acid groups (broad SMARTS) is 1. The number of carbonyl (C=O) groups excluding carboxylic acids is 1. The van der Waals surface area contributed by atoms with Gasteiger partial charge >= 0.3 is 12.1 Å². The summed E-state index contributed by atoms with van der Waals surface area (Å²) in [6.45, 7) is 3.81. The highest BCUT2D eigenvalue weighted by molar-refractivity contribution is 6.33. The second-order valence-electron chi connectivity index (χ2n) is 6.70. The lowest BCUT2D eigenvalue weighted by Crippen LogP contribution is -2.29. The van der Waals surface area contributed by atoms with Gasteiger partial charge in [-0.15, -0.1) is 0 Å². The van der Waals surface area contributed by atoms with Gasteiger partial charge in [-0.2, -0.15) is 0 Å². The van der Waals surface area contributed by atoms with E-state index in [9.17, 15) is 14.7 Å². The first-order chi connectivity index (χ1) is 13.7. The van der Waals surface area contributed by atoms with Crippen LogP contribution in [0.4, 0.5) is 4.79 Å². The summed E-state index contributed by atoms with van der Waals surface area (Å²) in [7, 11) is 0.